The maximum absolute atomic E-state index is 13.6. The number of nitrogens with zero attached hydrogens (tertiary/aromatic N) is 3. The first-order chi connectivity index (χ1) is 14.2. The van der Waals surface area contributed by atoms with Gasteiger partial charge in [-0.1, -0.05) is 42.5 Å². The molecule has 0 radical (unpaired) electrons. The van der Waals surface area contributed by atoms with E-state index in [2.05, 4.69) is 37.3 Å². The van der Waals surface area contributed by atoms with Crippen molar-refractivity contribution in [1.82, 2.24) is 20.2 Å². The van der Waals surface area contributed by atoms with E-state index in [1.165, 1.54) is 11.6 Å². The van der Waals surface area contributed by atoms with Gasteiger partial charge in [0.15, 0.2) is 5.96 Å². The van der Waals surface area contributed by atoms with E-state index in [0.29, 0.717) is 6.54 Å². The molecule has 0 spiro atoms. The van der Waals surface area contributed by atoms with Gasteiger partial charge >= 0.3 is 0 Å². The summed E-state index contributed by atoms with van der Waals surface area (Å²) in [6.07, 6.45) is 5.92. The molecule has 1 aliphatic rings. The highest BCUT2D eigenvalue weighted by atomic mass is 19.1. The molecule has 3 aromatic rings. The second kappa shape index (κ2) is 8.47. The molecule has 6 heteroatoms. The van der Waals surface area contributed by atoms with Gasteiger partial charge in [0.25, 0.3) is 0 Å². The molecule has 5 nitrogen and oxygen atoms in total. The Kier molecular flexibility index (Phi) is 5.60. The summed E-state index contributed by atoms with van der Waals surface area (Å²) in [5.74, 6) is 1.49. The minimum absolute atomic E-state index is 0.00545. The Hall–Kier alpha value is -3.15. The number of nitrogens with one attached hydrogen (secondary N) is 2. The lowest BCUT2D eigenvalue weighted by atomic mass is 9.96. The van der Waals surface area contributed by atoms with Gasteiger partial charge in [-0.25, -0.2) is 9.37 Å². The molecule has 1 saturated carbocycles. The van der Waals surface area contributed by atoms with E-state index in [-0.39, 0.29) is 11.2 Å². The van der Waals surface area contributed by atoms with Crippen LogP contribution in [0.4, 0.5) is 4.39 Å². The second-order valence-corrected chi connectivity index (χ2v) is 7.53. The van der Waals surface area contributed by atoms with Gasteiger partial charge in [-0.05, 0) is 36.1 Å². The van der Waals surface area contributed by atoms with E-state index in [4.69, 9.17) is 0 Å². The number of hydrogen-bond acceptors (Lipinski definition) is 2. The molecule has 0 bridgehead atoms. The van der Waals surface area contributed by atoms with Crippen LogP contribution in [0.1, 0.15) is 29.8 Å². The highest BCUT2D eigenvalue weighted by Gasteiger charge is 2.44. The molecule has 2 aromatic carbocycles. The van der Waals surface area contributed by atoms with Gasteiger partial charge in [-0.3, -0.25) is 4.99 Å². The summed E-state index contributed by atoms with van der Waals surface area (Å²) in [6.45, 7) is 2.09. The minimum atomic E-state index is -0.179. The van der Waals surface area contributed by atoms with E-state index in [0.717, 1.165) is 43.3 Å². The Morgan fingerprint density at radius 3 is 2.69 bits per heavy atom. The van der Waals surface area contributed by atoms with Crippen molar-refractivity contribution in [3.05, 3.63) is 89.8 Å². The van der Waals surface area contributed by atoms with Crippen LogP contribution in [-0.2, 0) is 18.5 Å². The molecule has 1 aliphatic carbocycles. The van der Waals surface area contributed by atoms with Crippen molar-refractivity contribution < 1.29 is 4.39 Å². The van der Waals surface area contributed by atoms with Gasteiger partial charge in [-0.2, -0.15) is 0 Å². The van der Waals surface area contributed by atoms with Crippen LogP contribution in [0.3, 0.4) is 0 Å². The van der Waals surface area contributed by atoms with E-state index in [9.17, 15) is 4.39 Å². The smallest absolute Gasteiger partial charge is 0.191 e. The quantitative estimate of drug-likeness (QED) is 0.479. The molecule has 0 amide bonds. The van der Waals surface area contributed by atoms with Crippen LogP contribution in [0.15, 0.2) is 72.0 Å². The maximum Gasteiger partial charge on any atom is 0.191 e. The summed E-state index contributed by atoms with van der Waals surface area (Å²) in [4.78, 5) is 8.80. The predicted molar refractivity (Wildman–Crippen MR) is 113 cm³/mol. The monoisotopic (exact) mass is 391 g/mol. The highest BCUT2D eigenvalue weighted by Crippen LogP contribution is 2.47. The molecule has 0 aliphatic heterocycles. The first-order valence-corrected chi connectivity index (χ1v) is 9.93. The third-order valence-electron chi connectivity index (χ3n) is 5.52. The van der Waals surface area contributed by atoms with Gasteiger partial charge in [-0.15, -0.1) is 0 Å². The van der Waals surface area contributed by atoms with Crippen LogP contribution in [0.25, 0.3) is 0 Å². The summed E-state index contributed by atoms with van der Waals surface area (Å²) < 4.78 is 15.7. The summed E-state index contributed by atoms with van der Waals surface area (Å²) in [5.41, 5.74) is 2.30. The van der Waals surface area contributed by atoms with Crippen LogP contribution < -0.4 is 10.6 Å². The Balaban J connectivity index is 1.33. The predicted octanol–water partition coefficient (Wildman–Crippen LogP) is 3.47. The van der Waals surface area contributed by atoms with Crippen LogP contribution in [0.5, 0.6) is 0 Å². The fraction of sp³-hybridized carbons (Fsp3) is 0.304. The molecule has 0 saturated heterocycles. The molecule has 0 unspecified atom stereocenters. The SMILES string of the molecule is CN=C(NCc1nccn1Cc1ccccc1)NCC1(c2cccc(F)c2)CC1. The van der Waals surface area contributed by atoms with Crippen molar-refractivity contribution in [3.63, 3.8) is 0 Å². The average Bonchev–Trinajstić information content (AvgIpc) is 3.42. The Bertz CT molecular complexity index is 976. The zero-order valence-corrected chi connectivity index (χ0v) is 16.6. The third kappa shape index (κ3) is 4.65. The molecule has 4 rings (SSSR count). The molecule has 29 heavy (non-hydrogen) atoms. The highest BCUT2D eigenvalue weighted by molar-refractivity contribution is 5.79. The van der Waals surface area contributed by atoms with Crippen molar-refractivity contribution >= 4 is 5.96 Å². The Morgan fingerprint density at radius 2 is 1.97 bits per heavy atom. The normalized spacial score (nSPS) is 15.2. The molecule has 150 valence electrons. The Labute approximate surface area is 170 Å². The van der Waals surface area contributed by atoms with Crippen LogP contribution in [-0.4, -0.2) is 29.1 Å². The largest absolute Gasteiger partial charge is 0.356 e. The lowest BCUT2D eigenvalue weighted by Gasteiger charge is -2.19. The molecule has 1 aromatic heterocycles. The number of aliphatic imine (C=N–C) groups is 1. The number of guanidine groups is 1. The number of benzene rings is 2. The molecule has 1 heterocycles. The molecular formula is C23H26FN5. The third-order valence-corrected chi connectivity index (χ3v) is 5.52. The van der Waals surface area contributed by atoms with Crippen molar-refractivity contribution in [2.45, 2.75) is 31.3 Å². The van der Waals surface area contributed by atoms with Crippen LogP contribution in [0.2, 0.25) is 0 Å². The number of halogens is 1. The first-order valence-electron chi connectivity index (χ1n) is 9.93. The average molecular weight is 391 g/mol. The molecular weight excluding hydrogens is 365 g/mol. The van der Waals surface area contributed by atoms with E-state index in [1.54, 1.807) is 19.2 Å². The fourth-order valence-electron chi connectivity index (χ4n) is 3.60. The van der Waals surface area contributed by atoms with Crippen LogP contribution >= 0.6 is 0 Å². The van der Waals surface area contributed by atoms with Crippen molar-refractivity contribution in [3.8, 4) is 0 Å². The molecule has 0 atom stereocenters. The number of imidazole rings is 1. The zero-order chi connectivity index (χ0) is 20.1. The maximum atomic E-state index is 13.6. The van der Waals surface area contributed by atoms with E-state index >= 15 is 0 Å². The van der Waals surface area contributed by atoms with Gasteiger partial charge in [0.05, 0.1) is 6.54 Å². The summed E-state index contributed by atoms with van der Waals surface area (Å²) in [6, 6.07) is 17.3. The van der Waals surface area contributed by atoms with Gasteiger partial charge in [0.1, 0.15) is 11.6 Å². The first kappa shape index (κ1) is 19.2. The van der Waals surface area contributed by atoms with Gasteiger partial charge in [0, 0.05) is 37.9 Å². The molecule has 1 fully saturated rings. The summed E-state index contributed by atoms with van der Waals surface area (Å²) >= 11 is 0. The second-order valence-electron chi connectivity index (χ2n) is 7.53. The standard InChI is InChI=1S/C23H26FN5/c1-25-22(28-17-23(10-11-23)19-8-5-9-20(24)14-19)27-15-21-26-12-13-29(21)16-18-6-3-2-4-7-18/h2-9,12-14H,10-11,15-17H2,1H3,(H2,25,27,28). The lowest BCUT2D eigenvalue weighted by Crippen LogP contribution is -2.41. The lowest BCUT2D eigenvalue weighted by molar-refractivity contribution is 0.605. The van der Waals surface area contributed by atoms with Gasteiger partial charge in [0.2, 0.25) is 0 Å². The topological polar surface area (TPSA) is 54.2 Å². The van der Waals surface area contributed by atoms with Crippen molar-refractivity contribution in [2.75, 3.05) is 13.6 Å². The number of hydrogen-bond donors (Lipinski definition) is 2. The minimum Gasteiger partial charge on any atom is -0.356 e. The van der Waals surface area contributed by atoms with Crippen molar-refractivity contribution in [1.29, 1.82) is 0 Å². The van der Waals surface area contributed by atoms with Gasteiger partial charge < -0.3 is 15.2 Å². The molecule has 2 N–H and O–H groups in total. The summed E-state index contributed by atoms with van der Waals surface area (Å²) in [7, 11) is 1.76. The van der Waals surface area contributed by atoms with E-state index in [1.807, 2.05) is 36.7 Å². The van der Waals surface area contributed by atoms with Crippen molar-refractivity contribution in [2.24, 2.45) is 4.99 Å². The fourth-order valence-corrected chi connectivity index (χ4v) is 3.60. The number of aromatic nitrogens is 2. The Morgan fingerprint density at radius 1 is 1.14 bits per heavy atom. The summed E-state index contributed by atoms with van der Waals surface area (Å²) in [5, 5.41) is 6.74. The van der Waals surface area contributed by atoms with Crippen LogP contribution in [0, 0.1) is 5.82 Å². The number of rotatable bonds is 7. The van der Waals surface area contributed by atoms with E-state index < -0.39 is 0 Å². The zero-order valence-electron chi connectivity index (χ0n) is 16.6.